The molecule has 0 spiro atoms. The molecule has 0 heterocycles. The second-order valence-electron chi connectivity index (χ2n) is 6.18. The van der Waals surface area contributed by atoms with Crippen LogP contribution < -0.4 is 5.32 Å². The molecule has 0 aliphatic rings. The van der Waals surface area contributed by atoms with Crippen molar-refractivity contribution >= 4 is 22.5 Å². The molecule has 0 bridgehead atoms. The number of rotatable bonds is 6. The summed E-state index contributed by atoms with van der Waals surface area (Å²) in [5.41, 5.74) is 1.71. The lowest BCUT2D eigenvalue weighted by Gasteiger charge is -2.14. The lowest BCUT2D eigenvalue weighted by molar-refractivity contribution is -0.121. The SMILES string of the molecule is C[C@@H](NC(=O)CCC(=O)c1ccc2ccccc2c1)c1ccccc1. The predicted octanol–water partition coefficient (Wildman–Crippen LogP) is 4.68. The van der Waals surface area contributed by atoms with Gasteiger partial charge in [0.25, 0.3) is 0 Å². The third kappa shape index (κ3) is 4.32. The fourth-order valence-corrected chi connectivity index (χ4v) is 2.87. The number of Topliss-reactive ketones (excluding diaryl/α,β-unsaturated/α-hetero) is 1. The predicted molar refractivity (Wildman–Crippen MR) is 101 cm³/mol. The topological polar surface area (TPSA) is 46.2 Å². The highest BCUT2D eigenvalue weighted by Crippen LogP contribution is 2.17. The first kappa shape index (κ1) is 16.9. The van der Waals surface area contributed by atoms with E-state index in [9.17, 15) is 9.59 Å². The van der Waals surface area contributed by atoms with Gasteiger partial charge in [-0.25, -0.2) is 0 Å². The Labute approximate surface area is 147 Å². The quantitative estimate of drug-likeness (QED) is 0.667. The summed E-state index contributed by atoms with van der Waals surface area (Å²) < 4.78 is 0. The van der Waals surface area contributed by atoms with E-state index in [1.165, 1.54) is 0 Å². The van der Waals surface area contributed by atoms with Crippen LogP contribution in [0.4, 0.5) is 0 Å². The first-order valence-corrected chi connectivity index (χ1v) is 8.50. The second-order valence-corrected chi connectivity index (χ2v) is 6.18. The average molecular weight is 331 g/mol. The fraction of sp³-hybridized carbons (Fsp3) is 0.182. The first-order valence-electron chi connectivity index (χ1n) is 8.50. The molecule has 0 radical (unpaired) electrons. The molecule has 1 amide bonds. The molecule has 0 unspecified atom stereocenters. The van der Waals surface area contributed by atoms with Gasteiger partial charge in [-0.05, 0) is 29.3 Å². The Morgan fingerprint density at radius 1 is 0.840 bits per heavy atom. The minimum absolute atomic E-state index is 0.00623. The highest BCUT2D eigenvalue weighted by Gasteiger charge is 2.12. The summed E-state index contributed by atoms with van der Waals surface area (Å²) in [6.07, 6.45) is 0.411. The minimum Gasteiger partial charge on any atom is -0.350 e. The fourth-order valence-electron chi connectivity index (χ4n) is 2.87. The van der Waals surface area contributed by atoms with Crippen LogP contribution in [-0.2, 0) is 4.79 Å². The van der Waals surface area contributed by atoms with Crippen LogP contribution in [0, 0.1) is 0 Å². The highest BCUT2D eigenvalue weighted by atomic mass is 16.2. The zero-order valence-electron chi connectivity index (χ0n) is 14.2. The molecule has 0 fully saturated rings. The molecule has 25 heavy (non-hydrogen) atoms. The molecule has 0 aliphatic heterocycles. The van der Waals surface area contributed by atoms with Crippen molar-refractivity contribution < 1.29 is 9.59 Å². The van der Waals surface area contributed by atoms with E-state index in [1.807, 2.05) is 79.7 Å². The van der Waals surface area contributed by atoms with Crippen molar-refractivity contribution in [1.82, 2.24) is 5.32 Å². The molecule has 0 saturated carbocycles. The largest absolute Gasteiger partial charge is 0.350 e. The van der Waals surface area contributed by atoms with E-state index in [0.29, 0.717) is 5.56 Å². The van der Waals surface area contributed by atoms with Gasteiger partial charge >= 0.3 is 0 Å². The van der Waals surface area contributed by atoms with Gasteiger partial charge in [-0.3, -0.25) is 9.59 Å². The van der Waals surface area contributed by atoms with Crippen LogP contribution in [0.3, 0.4) is 0 Å². The molecule has 0 saturated heterocycles. The van der Waals surface area contributed by atoms with Crippen molar-refractivity contribution in [3.63, 3.8) is 0 Å². The van der Waals surface area contributed by atoms with Crippen LogP contribution in [0.25, 0.3) is 10.8 Å². The summed E-state index contributed by atoms with van der Waals surface area (Å²) in [6, 6.07) is 23.3. The van der Waals surface area contributed by atoms with Crippen LogP contribution in [0.15, 0.2) is 72.8 Å². The zero-order chi connectivity index (χ0) is 17.6. The van der Waals surface area contributed by atoms with Crippen LogP contribution in [-0.4, -0.2) is 11.7 Å². The van der Waals surface area contributed by atoms with Gasteiger partial charge in [-0.1, -0.05) is 66.7 Å². The Balaban J connectivity index is 1.56. The molecule has 0 aromatic heterocycles. The van der Waals surface area contributed by atoms with Crippen LogP contribution in [0.1, 0.15) is 41.7 Å². The molecule has 3 nitrogen and oxygen atoms in total. The van der Waals surface area contributed by atoms with Gasteiger partial charge in [-0.15, -0.1) is 0 Å². The maximum absolute atomic E-state index is 12.4. The molecule has 1 atom stereocenters. The van der Waals surface area contributed by atoms with Gasteiger partial charge in [0.05, 0.1) is 6.04 Å². The zero-order valence-corrected chi connectivity index (χ0v) is 14.2. The number of nitrogens with one attached hydrogen (secondary N) is 1. The standard InChI is InChI=1S/C22H21NO2/c1-16(17-7-3-2-4-8-17)23-22(25)14-13-21(24)20-12-11-18-9-5-6-10-19(18)15-20/h2-12,15-16H,13-14H2,1H3,(H,23,25)/t16-/m1/s1. The molecule has 3 aromatic carbocycles. The van der Waals surface area contributed by atoms with E-state index < -0.39 is 0 Å². The number of benzene rings is 3. The number of carbonyl (C=O) groups excluding carboxylic acids is 2. The molecule has 3 aromatic rings. The van der Waals surface area contributed by atoms with Gasteiger partial charge in [-0.2, -0.15) is 0 Å². The summed E-state index contributed by atoms with van der Waals surface area (Å²) in [5, 5.41) is 5.08. The van der Waals surface area contributed by atoms with Gasteiger partial charge in [0.1, 0.15) is 0 Å². The number of fused-ring (bicyclic) bond motifs is 1. The lowest BCUT2D eigenvalue weighted by Crippen LogP contribution is -2.26. The van der Waals surface area contributed by atoms with Crippen molar-refractivity contribution in [2.75, 3.05) is 0 Å². The van der Waals surface area contributed by atoms with Crippen molar-refractivity contribution in [3.05, 3.63) is 83.9 Å². The molecule has 1 N–H and O–H groups in total. The number of ketones is 1. The average Bonchev–Trinajstić information content (AvgIpc) is 2.66. The van der Waals surface area contributed by atoms with E-state index in [2.05, 4.69) is 5.32 Å². The van der Waals surface area contributed by atoms with Gasteiger partial charge in [0, 0.05) is 18.4 Å². The van der Waals surface area contributed by atoms with Gasteiger partial charge < -0.3 is 5.32 Å². The smallest absolute Gasteiger partial charge is 0.220 e. The van der Waals surface area contributed by atoms with Crippen LogP contribution in [0.2, 0.25) is 0 Å². The third-order valence-corrected chi connectivity index (χ3v) is 4.33. The maximum atomic E-state index is 12.4. The van der Waals surface area contributed by atoms with E-state index in [1.54, 1.807) is 0 Å². The molecular formula is C22H21NO2. The summed E-state index contributed by atoms with van der Waals surface area (Å²) >= 11 is 0. The molecule has 3 heteroatoms. The number of hydrogen-bond acceptors (Lipinski definition) is 2. The third-order valence-electron chi connectivity index (χ3n) is 4.33. The minimum atomic E-state index is -0.106. The van der Waals surface area contributed by atoms with Crippen molar-refractivity contribution in [2.45, 2.75) is 25.8 Å². The van der Waals surface area contributed by atoms with Crippen LogP contribution in [0.5, 0.6) is 0 Å². The van der Waals surface area contributed by atoms with E-state index in [4.69, 9.17) is 0 Å². The van der Waals surface area contributed by atoms with Crippen molar-refractivity contribution in [1.29, 1.82) is 0 Å². The Morgan fingerprint density at radius 2 is 1.52 bits per heavy atom. The van der Waals surface area contributed by atoms with Crippen LogP contribution >= 0.6 is 0 Å². The van der Waals surface area contributed by atoms with Gasteiger partial charge in [0.2, 0.25) is 5.91 Å². The molecular weight excluding hydrogens is 310 g/mol. The Bertz CT molecular complexity index is 887. The summed E-state index contributed by atoms with van der Waals surface area (Å²) in [5.74, 6) is -0.112. The van der Waals surface area contributed by atoms with Crippen molar-refractivity contribution in [3.8, 4) is 0 Å². The Hall–Kier alpha value is -2.94. The lowest BCUT2D eigenvalue weighted by atomic mass is 10.0. The molecule has 126 valence electrons. The maximum Gasteiger partial charge on any atom is 0.220 e. The summed E-state index contributed by atoms with van der Waals surface area (Å²) in [7, 11) is 0. The van der Waals surface area contributed by atoms with Crippen molar-refractivity contribution in [2.24, 2.45) is 0 Å². The number of amides is 1. The number of carbonyl (C=O) groups is 2. The summed E-state index contributed by atoms with van der Waals surface area (Å²) in [4.78, 5) is 24.5. The normalized spacial score (nSPS) is 11.9. The van der Waals surface area contributed by atoms with E-state index in [0.717, 1.165) is 16.3 Å². The van der Waals surface area contributed by atoms with E-state index >= 15 is 0 Å². The molecule has 3 rings (SSSR count). The Kier molecular flexibility index (Phi) is 5.24. The summed E-state index contributed by atoms with van der Waals surface area (Å²) in [6.45, 7) is 1.94. The second kappa shape index (κ2) is 7.75. The Morgan fingerprint density at radius 3 is 2.28 bits per heavy atom. The van der Waals surface area contributed by atoms with Gasteiger partial charge in [0.15, 0.2) is 5.78 Å². The molecule has 0 aliphatic carbocycles. The first-order chi connectivity index (χ1) is 12.1. The highest BCUT2D eigenvalue weighted by molar-refractivity contribution is 6.01. The number of hydrogen-bond donors (Lipinski definition) is 1. The monoisotopic (exact) mass is 331 g/mol. The van der Waals surface area contributed by atoms with E-state index in [-0.39, 0.29) is 30.6 Å².